The molecule has 2 aliphatic rings. The second kappa shape index (κ2) is 5.31. The van der Waals surface area contributed by atoms with E-state index in [1.807, 2.05) is 0 Å². The molecular formula is C13H26N2. The minimum absolute atomic E-state index is 0.742. The van der Waals surface area contributed by atoms with E-state index in [4.69, 9.17) is 0 Å². The van der Waals surface area contributed by atoms with Crippen LogP contribution in [0.4, 0.5) is 0 Å². The average molecular weight is 210 g/mol. The molecule has 0 radical (unpaired) electrons. The Bertz CT molecular complexity index is 187. The van der Waals surface area contributed by atoms with Gasteiger partial charge in [-0.2, -0.15) is 0 Å². The summed E-state index contributed by atoms with van der Waals surface area (Å²) in [7, 11) is 0. The van der Waals surface area contributed by atoms with Crippen LogP contribution < -0.4 is 5.43 Å². The van der Waals surface area contributed by atoms with Crippen molar-refractivity contribution < 1.29 is 0 Å². The summed E-state index contributed by atoms with van der Waals surface area (Å²) >= 11 is 0. The molecule has 0 aromatic rings. The van der Waals surface area contributed by atoms with Gasteiger partial charge in [-0.05, 0) is 37.5 Å². The van der Waals surface area contributed by atoms with Gasteiger partial charge < -0.3 is 0 Å². The van der Waals surface area contributed by atoms with Crippen LogP contribution >= 0.6 is 0 Å². The lowest BCUT2D eigenvalue weighted by Gasteiger charge is -2.38. The highest BCUT2D eigenvalue weighted by atomic mass is 15.5. The lowest BCUT2D eigenvalue weighted by molar-refractivity contribution is 0.0823. The summed E-state index contributed by atoms with van der Waals surface area (Å²) in [5.41, 5.74) is 3.77. The molecule has 3 unspecified atom stereocenters. The zero-order valence-corrected chi connectivity index (χ0v) is 10.3. The molecule has 3 atom stereocenters. The predicted molar refractivity (Wildman–Crippen MR) is 64.5 cm³/mol. The van der Waals surface area contributed by atoms with E-state index in [-0.39, 0.29) is 0 Å². The number of nitrogens with zero attached hydrogens (tertiary/aromatic N) is 1. The Labute approximate surface area is 94.4 Å². The van der Waals surface area contributed by atoms with Crippen molar-refractivity contribution in [1.29, 1.82) is 0 Å². The number of rotatable bonds is 2. The third-order valence-electron chi connectivity index (χ3n) is 4.16. The zero-order valence-electron chi connectivity index (χ0n) is 10.3. The molecule has 1 aliphatic heterocycles. The van der Waals surface area contributed by atoms with E-state index < -0.39 is 0 Å². The Balaban J connectivity index is 1.80. The van der Waals surface area contributed by atoms with Gasteiger partial charge >= 0.3 is 0 Å². The Morgan fingerprint density at radius 3 is 2.47 bits per heavy atom. The number of hydrazine groups is 1. The van der Waals surface area contributed by atoms with Crippen LogP contribution in [0.25, 0.3) is 0 Å². The first-order chi connectivity index (χ1) is 7.25. The summed E-state index contributed by atoms with van der Waals surface area (Å²) < 4.78 is 0. The van der Waals surface area contributed by atoms with Crippen molar-refractivity contribution in [2.24, 2.45) is 11.8 Å². The quantitative estimate of drug-likeness (QED) is 0.754. The van der Waals surface area contributed by atoms with E-state index in [1.165, 1.54) is 51.6 Å². The molecule has 2 heteroatoms. The molecule has 0 spiro atoms. The molecule has 2 nitrogen and oxygen atoms in total. The summed E-state index contributed by atoms with van der Waals surface area (Å²) in [5, 5.41) is 2.47. The minimum atomic E-state index is 0.742. The molecule has 1 N–H and O–H groups in total. The summed E-state index contributed by atoms with van der Waals surface area (Å²) in [5.74, 6) is 1.78. The molecule has 1 saturated carbocycles. The lowest BCUT2D eigenvalue weighted by Crippen LogP contribution is -2.51. The van der Waals surface area contributed by atoms with E-state index in [1.54, 1.807) is 0 Å². The maximum atomic E-state index is 3.77. The van der Waals surface area contributed by atoms with Gasteiger partial charge in [-0.15, -0.1) is 0 Å². The first kappa shape index (κ1) is 11.4. The molecule has 2 fully saturated rings. The van der Waals surface area contributed by atoms with Gasteiger partial charge in [0.2, 0.25) is 0 Å². The smallest absolute Gasteiger partial charge is 0.0243 e. The second-order valence-electron chi connectivity index (χ2n) is 5.68. The molecule has 1 aliphatic carbocycles. The van der Waals surface area contributed by atoms with Crippen molar-refractivity contribution in [2.45, 2.75) is 58.4 Å². The molecule has 1 heterocycles. The van der Waals surface area contributed by atoms with Gasteiger partial charge in [0.25, 0.3) is 0 Å². The minimum Gasteiger partial charge on any atom is -0.252 e. The summed E-state index contributed by atoms with van der Waals surface area (Å²) in [4.78, 5) is 0. The van der Waals surface area contributed by atoms with Gasteiger partial charge in [0.15, 0.2) is 0 Å². The lowest BCUT2D eigenvalue weighted by atomic mass is 9.80. The van der Waals surface area contributed by atoms with Gasteiger partial charge in [-0.1, -0.05) is 26.7 Å². The maximum absolute atomic E-state index is 3.77. The van der Waals surface area contributed by atoms with Crippen LogP contribution in [0.5, 0.6) is 0 Å². The number of hydrogen-bond donors (Lipinski definition) is 1. The van der Waals surface area contributed by atoms with Crippen molar-refractivity contribution in [3.63, 3.8) is 0 Å². The van der Waals surface area contributed by atoms with E-state index in [0.717, 1.165) is 17.9 Å². The van der Waals surface area contributed by atoms with Crippen LogP contribution in [0.3, 0.4) is 0 Å². The van der Waals surface area contributed by atoms with Crippen molar-refractivity contribution in [2.75, 3.05) is 13.1 Å². The van der Waals surface area contributed by atoms with Crippen molar-refractivity contribution in [3.05, 3.63) is 0 Å². The average Bonchev–Trinajstić information content (AvgIpc) is 2.25. The summed E-state index contributed by atoms with van der Waals surface area (Å²) in [6.45, 7) is 7.33. The standard InChI is InChI=1S/C13H26N2/c1-11-6-7-12(2)13(10-11)14-15-8-4-3-5-9-15/h11-14H,3-10H2,1-2H3. The number of piperidine rings is 1. The molecule has 0 amide bonds. The highest BCUT2D eigenvalue weighted by molar-refractivity contribution is 4.81. The summed E-state index contributed by atoms with van der Waals surface area (Å²) in [6, 6.07) is 0.742. The van der Waals surface area contributed by atoms with Gasteiger partial charge in [0, 0.05) is 19.1 Å². The Kier molecular flexibility index (Phi) is 4.04. The highest BCUT2D eigenvalue weighted by Crippen LogP contribution is 2.28. The van der Waals surface area contributed by atoms with Crippen molar-refractivity contribution >= 4 is 0 Å². The fourth-order valence-corrected chi connectivity index (χ4v) is 2.97. The van der Waals surface area contributed by atoms with Gasteiger partial charge in [-0.25, -0.2) is 5.01 Å². The predicted octanol–water partition coefficient (Wildman–Crippen LogP) is 2.80. The first-order valence-corrected chi connectivity index (χ1v) is 6.77. The molecule has 0 bridgehead atoms. The maximum Gasteiger partial charge on any atom is 0.0243 e. The Morgan fingerprint density at radius 1 is 1.00 bits per heavy atom. The van der Waals surface area contributed by atoms with Crippen LogP contribution in [0, 0.1) is 11.8 Å². The van der Waals surface area contributed by atoms with E-state index >= 15 is 0 Å². The molecular weight excluding hydrogens is 184 g/mol. The van der Waals surface area contributed by atoms with Crippen LogP contribution in [0.15, 0.2) is 0 Å². The fourth-order valence-electron chi connectivity index (χ4n) is 2.97. The van der Waals surface area contributed by atoms with Crippen molar-refractivity contribution in [3.8, 4) is 0 Å². The van der Waals surface area contributed by atoms with Crippen molar-refractivity contribution in [1.82, 2.24) is 10.4 Å². The number of hydrogen-bond acceptors (Lipinski definition) is 2. The largest absolute Gasteiger partial charge is 0.252 e. The van der Waals surface area contributed by atoms with E-state index in [9.17, 15) is 0 Å². The molecule has 88 valence electrons. The van der Waals surface area contributed by atoms with Crippen LogP contribution in [0.1, 0.15) is 52.4 Å². The Hall–Kier alpha value is -0.0800. The van der Waals surface area contributed by atoms with E-state index in [0.29, 0.717) is 0 Å². The van der Waals surface area contributed by atoms with Gasteiger partial charge in [-0.3, -0.25) is 5.43 Å². The monoisotopic (exact) mass is 210 g/mol. The zero-order chi connectivity index (χ0) is 10.7. The first-order valence-electron chi connectivity index (χ1n) is 6.77. The van der Waals surface area contributed by atoms with E-state index in [2.05, 4.69) is 24.3 Å². The summed E-state index contributed by atoms with van der Waals surface area (Å²) in [6.07, 6.45) is 8.39. The van der Waals surface area contributed by atoms with Gasteiger partial charge in [0.1, 0.15) is 0 Å². The third-order valence-corrected chi connectivity index (χ3v) is 4.16. The number of nitrogens with one attached hydrogen (secondary N) is 1. The fraction of sp³-hybridized carbons (Fsp3) is 1.00. The normalized spacial score (nSPS) is 39.2. The molecule has 2 rings (SSSR count). The third kappa shape index (κ3) is 3.18. The topological polar surface area (TPSA) is 15.3 Å². The van der Waals surface area contributed by atoms with Gasteiger partial charge in [0.05, 0.1) is 0 Å². The second-order valence-corrected chi connectivity index (χ2v) is 5.68. The highest BCUT2D eigenvalue weighted by Gasteiger charge is 2.26. The molecule has 15 heavy (non-hydrogen) atoms. The van der Waals surface area contributed by atoms with Crippen LogP contribution in [-0.4, -0.2) is 24.1 Å². The molecule has 0 aromatic carbocycles. The van der Waals surface area contributed by atoms with Crippen LogP contribution in [0.2, 0.25) is 0 Å². The van der Waals surface area contributed by atoms with Crippen LogP contribution in [-0.2, 0) is 0 Å². The Morgan fingerprint density at radius 2 is 1.73 bits per heavy atom. The molecule has 1 saturated heterocycles. The molecule has 0 aromatic heterocycles. The SMILES string of the molecule is CC1CCC(C)C(NN2CCCCC2)C1.